The van der Waals surface area contributed by atoms with Gasteiger partial charge in [-0.25, -0.2) is 9.56 Å². The van der Waals surface area contributed by atoms with E-state index in [1.165, 1.54) is 14.2 Å². The number of carbonyl (C=O) groups excluding carboxylic acids is 1. The van der Waals surface area contributed by atoms with Crippen LogP contribution in [0.25, 0.3) is 11.3 Å². The normalized spacial score (nSPS) is 12.7. The molecule has 7 nitrogen and oxygen atoms in total. The maximum atomic E-state index is 12.6. The van der Waals surface area contributed by atoms with E-state index < -0.39 is 10.8 Å². The summed E-state index contributed by atoms with van der Waals surface area (Å²) in [6.45, 7) is 0. The third kappa shape index (κ3) is 2.61. The zero-order valence-corrected chi connectivity index (χ0v) is 15.2. The van der Waals surface area contributed by atoms with Crippen molar-refractivity contribution in [3.63, 3.8) is 0 Å². The molecule has 1 aliphatic rings. The summed E-state index contributed by atoms with van der Waals surface area (Å²) in [5.74, 6) is 0.0842. The Kier molecular flexibility index (Phi) is 4.04. The van der Waals surface area contributed by atoms with Gasteiger partial charge in [-0.1, -0.05) is 29.5 Å². The molecule has 1 aromatic heterocycles. The molecule has 2 aromatic carbocycles. The fourth-order valence-electron chi connectivity index (χ4n) is 2.99. The summed E-state index contributed by atoms with van der Waals surface area (Å²) in [4.78, 5) is 28.7. The highest BCUT2D eigenvalue weighted by molar-refractivity contribution is 7.11. The lowest BCUT2D eigenvalue weighted by atomic mass is 10.1. The highest BCUT2D eigenvalue weighted by atomic mass is 32.1. The summed E-state index contributed by atoms with van der Waals surface area (Å²) >= 11 is 0.782. The van der Waals surface area contributed by atoms with Crippen molar-refractivity contribution in [3.05, 3.63) is 67.6 Å². The molecule has 0 saturated heterocycles. The minimum atomic E-state index is -0.485. The largest absolute Gasteiger partial charge is 0.497 e. The molecule has 8 heteroatoms. The molecular weight excluding hydrogens is 368 g/mol. The zero-order chi connectivity index (χ0) is 19.1. The van der Waals surface area contributed by atoms with Gasteiger partial charge < -0.3 is 14.6 Å². The average molecular weight is 382 g/mol. The summed E-state index contributed by atoms with van der Waals surface area (Å²) in [7, 11) is 2.97. The van der Waals surface area contributed by atoms with Crippen LogP contribution in [-0.4, -0.2) is 29.8 Å². The molecule has 4 rings (SSSR count). The first kappa shape index (κ1) is 17.0. The minimum Gasteiger partial charge on any atom is -0.497 e. The molecule has 2 heterocycles. The molecule has 0 atom stereocenters. The molecule has 1 amide bonds. The molecule has 136 valence electrons. The topological polar surface area (TPSA) is 90.1 Å². The van der Waals surface area contributed by atoms with Crippen molar-refractivity contribution in [1.82, 2.24) is 4.57 Å². The predicted octanol–water partition coefficient (Wildman–Crippen LogP) is 0.981. The number of nitrogens with zero attached hydrogens (tertiary/aromatic N) is 2. The first-order chi connectivity index (χ1) is 13.0. The SMILES string of the molecule is COc1ccc(-n2c(O)c(C3=c4ccccc4=NC3=O)sc2=O)c(OC)c1. The summed E-state index contributed by atoms with van der Waals surface area (Å²) in [5, 5.41) is 11.9. The number of aromatic nitrogens is 1. The third-order valence-electron chi connectivity index (χ3n) is 4.25. The Labute approximate surface area is 157 Å². The predicted molar refractivity (Wildman–Crippen MR) is 99.4 cm³/mol. The molecule has 0 aliphatic carbocycles. The highest BCUT2D eigenvalue weighted by Crippen LogP contribution is 2.34. The van der Waals surface area contributed by atoms with Gasteiger partial charge in [-0.05, 0) is 18.2 Å². The van der Waals surface area contributed by atoms with E-state index in [4.69, 9.17) is 9.47 Å². The van der Waals surface area contributed by atoms with Gasteiger partial charge in [-0.15, -0.1) is 0 Å². The van der Waals surface area contributed by atoms with Gasteiger partial charge in [0.15, 0.2) is 0 Å². The quantitative estimate of drug-likeness (QED) is 0.727. The lowest BCUT2D eigenvalue weighted by molar-refractivity contribution is -0.112. The summed E-state index contributed by atoms with van der Waals surface area (Å²) in [6, 6.07) is 11.9. The van der Waals surface area contributed by atoms with E-state index >= 15 is 0 Å². The van der Waals surface area contributed by atoms with Crippen molar-refractivity contribution in [2.45, 2.75) is 0 Å². The van der Waals surface area contributed by atoms with Gasteiger partial charge >= 0.3 is 4.87 Å². The van der Waals surface area contributed by atoms with Gasteiger partial charge in [0.1, 0.15) is 16.4 Å². The van der Waals surface area contributed by atoms with Crippen molar-refractivity contribution < 1.29 is 19.4 Å². The lowest BCUT2D eigenvalue weighted by Crippen LogP contribution is -2.22. The number of carbonyl (C=O) groups is 1. The van der Waals surface area contributed by atoms with Crippen molar-refractivity contribution in [2.75, 3.05) is 14.2 Å². The minimum absolute atomic E-state index is 0.177. The second-order valence-corrected chi connectivity index (χ2v) is 6.66. The van der Waals surface area contributed by atoms with Gasteiger partial charge in [0.05, 0.1) is 30.8 Å². The zero-order valence-electron chi connectivity index (χ0n) is 14.4. The number of ether oxygens (including phenoxy) is 2. The van der Waals surface area contributed by atoms with Crippen molar-refractivity contribution in [3.8, 4) is 23.1 Å². The molecule has 0 unspecified atom stereocenters. The van der Waals surface area contributed by atoms with E-state index in [1.54, 1.807) is 42.5 Å². The van der Waals surface area contributed by atoms with Crippen LogP contribution in [0.15, 0.2) is 52.3 Å². The smallest absolute Gasteiger partial charge is 0.315 e. The molecule has 0 fully saturated rings. The first-order valence-electron chi connectivity index (χ1n) is 7.95. The van der Waals surface area contributed by atoms with Crippen LogP contribution in [0.3, 0.4) is 0 Å². The van der Waals surface area contributed by atoms with Crippen LogP contribution in [0, 0.1) is 0 Å². The Morgan fingerprint density at radius 1 is 1.07 bits per heavy atom. The number of benzene rings is 2. The number of hydrogen-bond acceptors (Lipinski definition) is 6. The van der Waals surface area contributed by atoms with Gasteiger partial charge in [0.25, 0.3) is 5.91 Å². The monoisotopic (exact) mass is 382 g/mol. The van der Waals surface area contributed by atoms with Crippen LogP contribution in [0.4, 0.5) is 0 Å². The molecule has 0 spiro atoms. The fourth-order valence-corrected chi connectivity index (χ4v) is 3.93. The van der Waals surface area contributed by atoms with Crippen LogP contribution in [0.1, 0.15) is 4.88 Å². The number of para-hydroxylation sites is 1. The fraction of sp³-hybridized carbons (Fsp3) is 0.105. The number of methoxy groups -OCH3 is 2. The Balaban J connectivity index is 1.97. The lowest BCUT2D eigenvalue weighted by Gasteiger charge is -2.11. The number of hydrogen-bond donors (Lipinski definition) is 1. The van der Waals surface area contributed by atoms with E-state index in [2.05, 4.69) is 4.99 Å². The summed E-state index contributed by atoms with van der Waals surface area (Å²) < 4.78 is 11.6. The van der Waals surface area contributed by atoms with Crippen molar-refractivity contribution in [1.29, 1.82) is 0 Å². The Bertz CT molecular complexity index is 1260. The van der Waals surface area contributed by atoms with E-state index in [0.29, 0.717) is 27.8 Å². The number of amides is 1. The van der Waals surface area contributed by atoms with E-state index in [-0.39, 0.29) is 16.3 Å². The van der Waals surface area contributed by atoms with Crippen LogP contribution >= 0.6 is 11.3 Å². The average Bonchev–Trinajstić information content (AvgIpc) is 3.16. The Hall–Kier alpha value is -3.39. The molecular formula is C19H14N2O5S. The Morgan fingerprint density at radius 2 is 1.85 bits per heavy atom. The van der Waals surface area contributed by atoms with Crippen molar-refractivity contribution in [2.24, 2.45) is 4.99 Å². The Morgan fingerprint density at radius 3 is 2.59 bits per heavy atom. The van der Waals surface area contributed by atoms with E-state index in [9.17, 15) is 14.7 Å². The number of rotatable bonds is 4. The van der Waals surface area contributed by atoms with E-state index in [0.717, 1.165) is 15.9 Å². The maximum Gasteiger partial charge on any atom is 0.315 e. The second kappa shape index (κ2) is 6.40. The van der Waals surface area contributed by atoms with Gasteiger partial charge in [-0.3, -0.25) is 9.59 Å². The summed E-state index contributed by atoms with van der Waals surface area (Å²) in [5.41, 5.74) is 0.566. The molecule has 3 aromatic rings. The molecule has 0 radical (unpaired) electrons. The molecule has 1 N–H and O–H groups in total. The van der Waals surface area contributed by atoms with Crippen LogP contribution in [0.5, 0.6) is 17.4 Å². The highest BCUT2D eigenvalue weighted by Gasteiger charge is 2.27. The third-order valence-corrected chi connectivity index (χ3v) is 5.20. The standard InChI is InChI=1S/C19H14N2O5S/c1-25-10-7-8-13(14(9-10)26-2)21-18(23)16(27-19(21)24)15-11-5-3-4-6-12(11)20-17(15)22/h3-9,23H,1-2H3. The van der Waals surface area contributed by atoms with Gasteiger partial charge in [0, 0.05) is 11.3 Å². The molecule has 1 aliphatic heterocycles. The van der Waals surface area contributed by atoms with Crippen LogP contribution in [-0.2, 0) is 4.79 Å². The maximum absolute atomic E-state index is 12.6. The number of aromatic hydroxyl groups is 1. The number of thiazole rings is 1. The van der Waals surface area contributed by atoms with Gasteiger partial charge in [0.2, 0.25) is 5.88 Å². The van der Waals surface area contributed by atoms with Crippen LogP contribution < -0.4 is 24.9 Å². The first-order valence-corrected chi connectivity index (χ1v) is 8.76. The van der Waals surface area contributed by atoms with E-state index in [1.807, 2.05) is 0 Å². The molecule has 27 heavy (non-hydrogen) atoms. The summed E-state index contributed by atoms with van der Waals surface area (Å²) in [6.07, 6.45) is 0. The molecule has 0 saturated carbocycles. The number of fused-ring (bicyclic) bond motifs is 1. The second-order valence-electron chi connectivity index (χ2n) is 5.70. The van der Waals surface area contributed by atoms with Crippen molar-refractivity contribution >= 4 is 22.8 Å². The molecule has 0 bridgehead atoms. The van der Waals surface area contributed by atoms with Crippen LogP contribution in [0.2, 0.25) is 0 Å². The van der Waals surface area contributed by atoms with Gasteiger partial charge in [-0.2, -0.15) is 0 Å².